The number of carbonyl (C=O) groups excluding carboxylic acids is 1. The van der Waals surface area contributed by atoms with Crippen LogP contribution in [-0.2, 0) is 10.0 Å². The first-order chi connectivity index (χ1) is 9.19. The maximum atomic E-state index is 12.2. The van der Waals surface area contributed by atoms with Gasteiger partial charge in [0.15, 0.2) is 0 Å². The maximum Gasteiger partial charge on any atom is 0.220 e. The Hall–Kier alpha value is -0.130. The molecule has 1 rings (SSSR count). The van der Waals surface area contributed by atoms with Crippen LogP contribution in [0.25, 0.3) is 0 Å². The Bertz CT molecular complexity index is 314. The molecule has 0 aromatic carbocycles. The van der Waals surface area contributed by atoms with Crippen LogP contribution in [0.2, 0.25) is 0 Å². The molecule has 4 nitrogen and oxygen atoms in total. The largest absolute Gasteiger partial charge is 0.353 e. The van der Waals surface area contributed by atoms with Crippen molar-refractivity contribution in [3.8, 4) is 0 Å². The van der Waals surface area contributed by atoms with Gasteiger partial charge in [-0.1, -0.05) is 22.4 Å². The Morgan fingerprint density at radius 1 is 1.15 bits per heavy atom. The number of unbranched alkanes of at least 4 members (excludes halogenated alkanes) is 2. The number of nitrogens with one attached hydrogen (secondary N) is 1. The first-order valence-electron chi connectivity index (χ1n) is 7.52. The van der Waals surface area contributed by atoms with Crippen molar-refractivity contribution >= 4 is 21.8 Å². The van der Waals surface area contributed by atoms with Crippen molar-refractivity contribution in [2.45, 2.75) is 83.3 Å². The van der Waals surface area contributed by atoms with E-state index in [0.717, 1.165) is 24.6 Å². The van der Waals surface area contributed by atoms with E-state index in [1.54, 1.807) is 0 Å². The van der Waals surface area contributed by atoms with E-state index in [0.29, 0.717) is 19.3 Å². The van der Waals surface area contributed by atoms with Gasteiger partial charge in [0.05, 0.1) is 0 Å². The number of hydroxylamine groups is 2. The molecular formula is C15H28BrN2O2. The van der Waals surface area contributed by atoms with Crippen LogP contribution in [0.1, 0.15) is 66.2 Å². The summed E-state index contributed by atoms with van der Waals surface area (Å²) in [5.41, 5.74) is -0.842. The SMILES string of the molecule is CC1(C)CC(NC(=O)CCCCCBr)CC(C)(C)N1[O]. The molecule has 1 amide bonds. The topological polar surface area (TPSA) is 52.2 Å². The molecule has 0 aromatic heterocycles. The van der Waals surface area contributed by atoms with Crippen molar-refractivity contribution in [3.05, 3.63) is 0 Å². The molecule has 1 heterocycles. The molecule has 20 heavy (non-hydrogen) atoms. The fourth-order valence-corrected chi connectivity index (χ4v) is 3.62. The first-order valence-corrected chi connectivity index (χ1v) is 8.64. The maximum absolute atomic E-state index is 12.2. The minimum Gasteiger partial charge on any atom is -0.353 e. The number of nitrogens with zero attached hydrogens (tertiary/aromatic N) is 1. The van der Waals surface area contributed by atoms with Gasteiger partial charge in [0.1, 0.15) is 0 Å². The summed E-state index contributed by atoms with van der Waals surface area (Å²) in [6.07, 6.45) is 5.15. The third-order valence-electron chi connectivity index (χ3n) is 3.99. The molecule has 0 bridgehead atoms. The van der Waals surface area contributed by atoms with Gasteiger partial charge in [-0.05, 0) is 53.4 Å². The lowest BCUT2D eigenvalue weighted by atomic mass is 9.79. The molecular weight excluding hydrogens is 320 g/mol. The molecule has 0 unspecified atom stereocenters. The van der Waals surface area contributed by atoms with Crippen molar-refractivity contribution in [1.82, 2.24) is 10.4 Å². The highest BCUT2D eigenvalue weighted by Gasteiger charge is 2.46. The van der Waals surface area contributed by atoms with Gasteiger partial charge in [-0.25, -0.2) is 0 Å². The number of carbonyl (C=O) groups is 1. The van der Waals surface area contributed by atoms with Gasteiger partial charge in [-0.3, -0.25) is 4.79 Å². The Kier molecular flexibility index (Phi) is 6.48. The van der Waals surface area contributed by atoms with Crippen molar-refractivity contribution in [2.24, 2.45) is 0 Å². The van der Waals surface area contributed by atoms with Crippen molar-refractivity contribution in [2.75, 3.05) is 5.33 Å². The number of hydrogen-bond acceptors (Lipinski definition) is 2. The van der Waals surface area contributed by atoms with Gasteiger partial charge in [0.25, 0.3) is 0 Å². The summed E-state index contributed by atoms with van der Waals surface area (Å²) in [4.78, 5) is 12.0. The van der Waals surface area contributed by atoms with E-state index >= 15 is 0 Å². The molecule has 1 fully saturated rings. The Morgan fingerprint density at radius 2 is 1.70 bits per heavy atom. The van der Waals surface area contributed by atoms with E-state index in [-0.39, 0.29) is 11.9 Å². The number of halogens is 1. The van der Waals surface area contributed by atoms with E-state index in [1.165, 1.54) is 5.06 Å². The summed E-state index contributed by atoms with van der Waals surface area (Å²) in [6.45, 7) is 7.82. The molecule has 5 heteroatoms. The molecule has 0 saturated carbocycles. The zero-order valence-corrected chi connectivity index (χ0v) is 14.8. The number of rotatable bonds is 6. The molecule has 0 atom stereocenters. The molecule has 0 aromatic rings. The second-order valence-corrected chi connectivity index (χ2v) is 7.88. The van der Waals surface area contributed by atoms with Gasteiger partial charge in [-0.15, -0.1) is 10.3 Å². The molecule has 117 valence electrons. The minimum absolute atomic E-state index is 0.105. The third kappa shape index (κ3) is 5.01. The summed E-state index contributed by atoms with van der Waals surface area (Å²) in [5, 5.41) is 17.5. The number of hydrogen-bond donors (Lipinski definition) is 1. The van der Waals surface area contributed by atoms with Crippen LogP contribution in [0.5, 0.6) is 0 Å². The number of piperidine rings is 1. The zero-order valence-electron chi connectivity index (χ0n) is 13.2. The van der Waals surface area contributed by atoms with Crippen LogP contribution in [0.15, 0.2) is 0 Å². The fraction of sp³-hybridized carbons (Fsp3) is 0.933. The standard InChI is InChI=1S/C15H28BrN2O2/c1-14(2)10-12(11-15(3,4)18(14)20)17-13(19)8-6-5-7-9-16/h12H,5-11H2,1-4H3,(H,17,19). The fourth-order valence-electron chi connectivity index (χ4n) is 3.22. The van der Waals surface area contributed by atoms with E-state index in [1.807, 2.05) is 27.7 Å². The van der Waals surface area contributed by atoms with Crippen molar-refractivity contribution in [3.63, 3.8) is 0 Å². The Balaban J connectivity index is 2.46. The van der Waals surface area contributed by atoms with Crippen LogP contribution in [0.4, 0.5) is 0 Å². The quantitative estimate of drug-likeness (QED) is 0.591. The van der Waals surface area contributed by atoms with Crippen LogP contribution >= 0.6 is 15.9 Å². The van der Waals surface area contributed by atoms with E-state index in [9.17, 15) is 10.0 Å². The number of amides is 1. The summed E-state index contributed by atoms with van der Waals surface area (Å²) in [5.74, 6) is 0.121. The summed E-state index contributed by atoms with van der Waals surface area (Å²) >= 11 is 3.39. The lowest BCUT2D eigenvalue weighted by Gasteiger charge is -2.50. The minimum atomic E-state index is -0.421. The molecule has 1 aliphatic rings. The average Bonchev–Trinajstić information content (AvgIpc) is 2.31. The summed E-state index contributed by atoms with van der Waals surface area (Å²) < 4.78 is 0. The molecule has 0 spiro atoms. The Labute approximate surface area is 131 Å². The number of alkyl halides is 1. The van der Waals surface area contributed by atoms with Gasteiger partial charge in [0, 0.05) is 28.9 Å². The van der Waals surface area contributed by atoms with Crippen molar-refractivity contribution < 1.29 is 10.0 Å². The first kappa shape index (κ1) is 17.9. The molecule has 1 saturated heterocycles. The molecule has 1 aliphatic heterocycles. The summed E-state index contributed by atoms with van der Waals surface area (Å²) in [6, 6.07) is 0.105. The smallest absolute Gasteiger partial charge is 0.220 e. The lowest BCUT2D eigenvalue weighted by Crippen LogP contribution is -2.62. The van der Waals surface area contributed by atoms with Gasteiger partial charge < -0.3 is 5.32 Å². The van der Waals surface area contributed by atoms with Gasteiger partial charge in [-0.2, -0.15) is 0 Å². The average molecular weight is 348 g/mol. The third-order valence-corrected chi connectivity index (χ3v) is 4.55. The van der Waals surface area contributed by atoms with Crippen LogP contribution in [0.3, 0.4) is 0 Å². The second kappa shape index (κ2) is 7.23. The molecule has 0 aliphatic carbocycles. The van der Waals surface area contributed by atoms with E-state index in [2.05, 4.69) is 21.2 Å². The zero-order chi connectivity index (χ0) is 15.4. The lowest BCUT2D eigenvalue weighted by molar-refractivity contribution is -0.290. The van der Waals surface area contributed by atoms with Crippen LogP contribution in [0, 0.1) is 0 Å². The van der Waals surface area contributed by atoms with Crippen LogP contribution < -0.4 is 5.32 Å². The highest BCUT2D eigenvalue weighted by atomic mass is 79.9. The van der Waals surface area contributed by atoms with Crippen LogP contribution in [-0.4, -0.2) is 33.4 Å². The molecule has 1 N–H and O–H groups in total. The Morgan fingerprint density at radius 3 is 2.20 bits per heavy atom. The van der Waals surface area contributed by atoms with Crippen molar-refractivity contribution in [1.29, 1.82) is 0 Å². The highest BCUT2D eigenvalue weighted by Crippen LogP contribution is 2.36. The van der Waals surface area contributed by atoms with E-state index < -0.39 is 11.1 Å². The van der Waals surface area contributed by atoms with Gasteiger partial charge >= 0.3 is 0 Å². The second-order valence-electron chi connectivity index (χ2n) is 7.09. The monoisotopic (exact) mass is 347 g/mol. The predicted molar refractivity (Wildman–Crippen MR) is 84.1 cm³/mol. The predicted octanol–water partition coefficient (Wildman–Crippen LogP) is 3.43. The highest BCUT2D eigenvalue weighted by molar-refractivity contribution is 9.09. The molecule has 1 radical (unpaired) electrons. The normalized spacial score (nSPS) is 22.7. The van der Waals surface area contributed by atoms with Gasteiger partial charge in [0.2, 0.25) is 5.91 Å². The summed E-state index contributed by atoms with van der Waals surface area (Å²) in [7, 11) is 0. The van der Waals surface area contributed by atoms with E-state index in [4.69, 9.17) is 0 Å².